The number of hydrogen-bond acceptors (Lipinski definition) is 5. The Kier molecular flexibility index (Phi) is 4.55. The highest BCUT2D eigenvalue weighted by Gasteiger charge is 2.34. The van der Waals surface area contributed by atoms with E-state index in [9.17, 15) is 14.4 Å². The summed E-state index contributed by atoms with van der Waals surface area (Å²) in [7, 11) is 0. The zero-order chi connectivity index (χ0) is 18.1. The quantitative estimate of drug-likeness (QED) is 0.822. The van der Waals surface area contributed by atoms with Crippen LogP contribution >= 0.6 is 11.3 Å². The molecule has 1 aromatic heterocycles. The number of carbonyl (C=O) groups is 3. The highest BCUT2D eigenvalue weighted by Crippen LogP contribution is 2.29. The molecule has 2 aromatic rings. The third-order valence-corrected chi connectivity index (χ3v) is 5.83. The molecule has 0 spiro atoms. The maximum atomic E-state index is 12.3. The number of aryl methyl sites for hydroxylation is 2. The smallest absolute Gasteiger partial charge is 0.261 e. The van der Waals surface area contributed by atoms with Gasteiger partial charge in [-0.15, -0.1) is 11.3 Å². The monoisotopic (exact) mass is 369 g/mol. The molecule has 3 amide bonds. The van der Waals surface area contributed by atoms with Crippen LogP contribution in [-0.2, 0) is 17.6 Å². The Balaban J connectivity index is 1.30. The van der Waals surface area contributed by atoms with Crippen molar-refractivity contribution in [2.75, 3.05) is 11.9 Å². The number of aromatic nitrogens is 1. The van der Waals surface area contributed by atoms with Crippen molar-refractivity contribution in [3.8, 4) is 0 Å². The average Bonchev–Trinajstić information content (AvgIpc) is 3.15. The summed E-state index contributed by atoms with van der Waals surface area (Å²) in [6.07, 6.45) is 5.05. The summed E-state index contributed by atoms with van der Waals surface area (Å²) in [5.41, 5.74) is 1.99. The largest absolute Gasteiger partial charge is 0.302 e. The molecule has 0 fully saturated rings. The first-order chi connectivity index (χ1) is 12.6. The van der Waals surface area contributed by atoms with Gasteiger partial charge in [0.15, 0.2) is 5.13 Å². The Morgan fingerprint density at radius 3 is 2.50 bits per heavy atom. The average molecular weight is 369 g/mol. The molecule has 0 unspecified atom stereocenters. The molecule has 2 aliphatic rings. The van der Waals surface area contributed by atoms with Gasteiger partial charge < -0.3 is 5.32 Å². The lowest BCUT2D eigenvalue weighted by molar-refractivity contribution is -0.116. The number of carbonyl (C=O) groups excluding carboxylic acids is 3. The van der Waals surface area contributed by atoms with Crippen molar-refractivity contribution in [2.24, 2.45) is 0 Å². The lowest BCUT2D eigenvalue weighted by atomic mass is 10.0. The Morgan fingerprint density at radius 1 is 1.12 bits per heavy atom. The molecule has 6 nitrogen and oxygen atoms in total. The number of hydrogen-bond donors (Lipinski definition) is 1. The van der Waals surface area contributed by atoms with Crippen LogP contribution in [0.3, 0.4) is 0 Å². The van der Waals surface area contributed by atoms with E-state index in [1.165, 1.54) is 16.2 Å². The SMILES string of the molecule is O=C(CCCN1C(=O)c2ccccc2C1=O)Nc1nc2c(s1)CCCC2. The predicted octanol–water partition coefficient (Wildman–Crippen LogP) is 3.04. The van der Waals surface area contributed by atoms with Gasteiger partial charge in [0.1, 0.15) is 0 Å². The van der Waals surface area contributed by atoms with Crippen LogP contribution in [0.5, 0.6) is 0 Å². The van der Waals surface area contributed by atoms with Gasteiger partial charge in [-0.05, 0) is 44.2 Å². The molecule has 1 aromatic carbocycles. The van der Waals surface area contributed by atoms with Crippen molar-refractivity contribution in [1.82, 2.24) is 9.88 Å². The molecule has 1 N–H and O–H groups in total. The summed E-state index contributed by atoms with van der Waals surface area (Å²) < 4.78 is 0. The minimum atomic E-state index is -0.279. The van der Waals surface area contributed by atoms with Gasteiger partial charge in [-0.2, -0.15) is 0 Å². The van der Waals surface area contributed by atoms with E-state index in [0.29, 0.717) is 22.7 Å². The Hall–Kier alpha value is -2.54. The molecule has 2 heterocycles. The van der Waals surface area contributed by atoms with E-state index in [1.807, 2.05) is 0 Å². The molecule has 1 aliphatic heterocycles. The topological polar surface area (TPSA) is 79.4 Å². The van der Waals surface area contributed by atoms with Crippen molar-refractivity contribution < 1.29 is 14.4 Å². The first-order valence-electron chi connectivity index (χ1n) is 8.87. The van der Waals surface area contributed by atoms with Gasteiger partial charge in [0.05, 0.1) is 16.8 Å². The molecule has 0 atom stereocenters. The minimum absolute atomic E-state index is 0.132. The van der Waals surface area contributed by atoms with E-state index in [1.54, 1.807) is 35.6 Å². The van der Waals surface area contributed by atoms with Gasteiger partial charge in [0.2, 0.25) is 5.91 Å². The minimum Gasteiger partial charge on any atom is -0.302 e. The molecule has 134 valence electrons. The van der Waals surface area contributed by atoms with Gasteiger partial charge in [-0.25, -0.2) is 4.98 Å². The normalized spacial score (nSPS) is 15.8. The molecule has 26 heavy (non-hydrogen) atoms. The molecule has 4 rings (SSSR count). The molecule has 0 saturated heterocycles. The number of anilines is 1. The molecule has 0 radical (unpaired) electrons. The summed E-state index contributed by atoms with van der Waals surface area (Å²) in [6, 6.07) is 6.81. The van der Waals surface area contributed by atoms with E-state index in [-0.39, 0.29) is 30.7 Å². The van der Waals surface area contributed by atoms with E-state index in [2.05, 4.69) is 10.3 Å². The number of nitrogens with zero attached hydrogens (tertiary/aromatic N) is 2. The fraction of sp³-hybridized carbons (Fsp3) is 0.368. The van der Waals surface area contributed by atoms with Crippen LogP contribution in [0.2, 0.25) is 0 Å². The molecular weight excluding hydrogens is 350 g/mol. The van der Waals surface area contributed by atoms with Gasteiger partial charge in [0, 0.05) is 17.8 Å². The molecule has 7 heteroatoms. The molecular formula is C19H19N3O3S. The zero-order valence-electron chi connectivity index (χ0n) is 14.3. The Labute approximate surface area is 155 Å². The van der Waals surface area contributed by atoms with Crippen LogP contribution in [0, 0.1) is 0 Å². The van der Waals surface area contributed by atoms with Crippen molar-refractivity contribution >= 4 is 34.2 Å². The van der Waals surface area contributed by atoms with Crippen molar-refractivity contribution in [1.29, 1.82) is 0 Å². The van der Waals surface area contributed by atoms with Crippen LogP contribution in [0.15, 0.2) is 24.3 Å². The van der Waals surface area contributed by atoms with E-state index in [0.717, 1.165) is 25.0 Å². The molecule has 1 aliphatic carbocycles. The standard InChI is InChI=1S/C19H19N3O3S/c23-16(21-19-20-14-8-3-4-9-15(14)26-19)10-5-11-22-17(24)12-6-1-2-7-13(12)18(22)25/h1-2,6-7H,3-5,8-11H2,(H,20,21,23). The zero-order valence-corrected chi connectivity index (χ0v) is 15.1. The van der Waals surface area contributed by atoms with Crippen LogP contribution in [0.4, 0.5) is 5.13 Å². The van der Waals surface area contributed by atoms with Crippen LogP contribution in [0.1, 0.15) is 57.0 Å². The van der Waals surface area contributed by atoms with Gasteiger partial charge in [0.25, 0.3) is 11.8 Å². The van der Waals surface area contributed by atoms with E-state index in [4.69, 9.17) is 0 Å². The summed E-state index contributed by atoms with van der Waals surface area (Å²) >= 11 is 1.55. The molecule has 0 saturated carbocycles. The Morgan fingerprint density at radius 2 is 1.81 bits per heavy atom. The number of imide groups is 1. The molecule has 0 bridgehead atoms. The fourth-order valence-corrected chi connectivity index (χ4v) is 4.49. The first-order valence-corrected chi connectivity index (χ1v) is 9.69. The van der Waals surface area contributed by atoms with Gasteiger partial charge in [-0.3, -0.25) is 19.3 Å². The van der Waals surface area contributed by atoms with Crippen LogP contribution in [-0.4, -0.2) is 34.2 Å². The maximum absolute atomic E-state index is 12.3. The number of rotatable bonds is 5. The highest BCUT2D eigenvalue weighted by atomic mass is 32.1. The lowest BCUT2D eigenvalue weighted by Gasteiger charge is -2.13. The maximum Gasteiger partial charge on any atom is 0.261 e. The number of fused-ring (bicyclic) bond motifs is 2. The van der Waals surface area contributed by atoms with E-state index >= 15 is 0 Å². The van der Waals surface area contributed by atoms with Gasteiger partial charge in [-0.1, -0.05) is 12.1 Å². The summed E-state index contributed by atoms with van der Waals surface area (Å²) in [5, 5.41) is 3.50. The third kappa shape index (κ3) is 3.14. The predicted molar refractivity (Wildman–Crippen MR) is 98.4 cm³/mol. The fourth-order valence-electron chi connectivity index (χ4n) is 3.43. The van der Waals surface area contributed by atoms with Crippen molar-refractivity contribution in [2.45, 2.75) is 38.5 Å². The van der Waals surface area contributed by atoms with Gasteiger partial charge >= 0.3 is 0 Å². The summed E-state index contributed by atoms with van der Waals surface area (Å²) in [5.74, 6) is -0.690. The van der Waals surface area contributed by atoms with Crippen molar-refractivity contribution in [3.05, 3.63) is 46.0 Å². The van der Waals surface area contributed by atoms with Crippen LogP contribution in [0.25, 0.3) is 0 Å². The lowest BCUT2D eigenvalue weighted by Crippen LogP contribution is -2.31. The highest BCUT2D eigenvalue weighted by molar-refractivity contribution is 7.15. The summed E-state index contributed by atoms with van der Waals surface area (Å²) in [6.45, 7) is 0.244. The number of benzene rings is 1. The number of thiazole rings is 1. The third-order valence-electron chi connectivity index (χ3n) is 4.76. The first kappa shape index (κ1) is 16.9. The number of nitrogens with one attached hydrogen (secondary N) is 1. The van der Waals surface area contributed by atoms with E-state index < -0.39 is 0 Å². The summed E-state index contributed by atoms with van der Waals surface area (Å²) in [4.78, 5) is 43.7. The second kappa shape index (κ2) is 6.99. The number of amides is 3. The van der Waals surface area contributed by atoms with Crippen molar-refractivity contribution in [3.63, 3.8) is 0 Å². The van der Waals surface area contributed by atoms with Crippen LogP contribution < -0.4 is 5.32 Å². The second-order valence-electron chi connectivity index (χ2n) is 6.56. The second-order valence-corrected chi connectivity index (χ2v) is 7.64. The Bertz CT molecular complexity index is 831.